The van der Waals surface area contributed by atoms with Crippen LogP contribution in [0.3, 0.4) is 0 Å². The van der Waals surface area contributed by atoms with Gasteiger partial charge in [-0.2, -0.15) is 4.31 Å². The number of hydrogen-bond acceptors (Lipinski definition) is 9. The van der Waals surface area contributed by atoms with Crippen LogP contribution in [0.2, 0.25) is 0 Å². The van der Waals surface area contributed by atoms with Gasteiger partial charge in [0.05, 0.1) is 29.6 Å². The number of carbonyl (C=O) groups excluding carboxylic acids is 1. The van der Waals surface area contributed by atoms with Crippen molar-refractivity contribution in [3.8, 4) is 22.5 Å². The average Bonchev–Trinajstić information content (AvgIpc) is 3.31. The Morgan fingerprint density at radius 1 is 1.08 bits per heavy atom. The molecule has 1 amide bonds. The van der Waals surface area contributed by atoms with E-state index < -0.39 is 16.1 Å². The van der Waals surface area contributed by atoms with Gasteiger partial charge in [-0.25, -0.2) is 28.2 Å². The summed E-state index contributed by atoms with van der Waals surface area (Å²) in [6.45, 7) is 4.91. The van der Waals surface area contributed by atoms with Gasteiger partial charge in [0, 0.05) is 62.4 Å². The summed E-state index contributed by atoms with van der Waals surface area (Å²) < 4.78 is 30.0. The first kappa shape index (κ1) is 25.7. The number of nitrogens with zero attached hydrogens (tertiary/aromatic N) is 6. The Labute approximate surface area is 220 Å². The van der Waals surface area contributed by atoms with Gasteiger partial charge in [-0.3, -0.25) is 15.2 Å². The van der Waals surface area contributed by atoms with Crippen LogP contribution in [0.5, 0.6) is 0 Å². The first-order valence-corrected chi connectivity index (χ1v) is 14.0. The number of rotatable bonds is 7. The van der Waals surface area contributed by atoms with Gasteiger partial charge in [-0.15, -0.1) is 0 Å². The van der Waals surface area contributed by atoms with E-state index in [0.717, 1.165) is 22.4 Å². The number of pyridine rings is 1. The zero-order chi connectivity index (χ0) is 26.7. The number of fused-ring (bicyclic) bond motifs is 1. The highest BCUT2D eigenvalue weighted by atomic mass is 32.2. The SMILES string of the molecule is CCOC(=O)Nc1nc2cc(-c3ccc(CN4CCN(S(C)(=O)=O)CC4)nc3)cc(-c3ncccn3)c2[nH]1. The minimum atomic E-state index is -3.16. The molecule has 5 rings (SSSR count). The van der Waals surface area contributed by atoms with E-state index in [9.17, 15) is 13.2 Å². The summed E-state index contributed by atoms with van der Waals surface area (Å²) >= 11 is 0. The summed E-state index contributed by atoms with van der Waals surface area (Å²) in [7, 11) is -3.16. The molecule has 0 unspecified atom stereocenters. The van der Waals surface area contributed by atoms with Crippen molar-refractivity contribution in [2.45, 2.75) is 13.5 Å². The monoisotopic (exact) mass is 536 g/mol. The quantitative estimate of drug-likeness (QED) is 0.364. The summed E-state index contributed by atoms with van der Waals surface area (Å²) in [4.78, 5) is 35.2. The first-order chi connectivity index (χ1) is 18.3. The van der Waals surface area contributed by atoms with Crippen molar-refractivity contribution < 1.29 is 17.9 Å². The highest BCUT2D eigenvalue weighted by Gasteiger charge is 2.23. The minimum Gasteiger partial charge on any atom is -0.450 e. The number of anilines is 1. The van der Waals surface area contributed by atoms with Crippen molar-refractivity contribution in [3.05, 3.63) is 54.6 Å². The maximum atomic E-state index is 11.9. The molecule has 1 saturated heterocycles. The number of carbonyl (C=O) groups is 1. The molecule has 0 radical (unpaired) electrons. The fourth-order valence-electron chi connectivity index (χ4n) is 4.35. The molecule has 198 valence electrons. The minimum absolute atomic E-state index is 0.249. The number of imidazole rings is 1. The number of benzene rings is 1. The van der Waals surface area contributed by atoms with Crippen LogP contribution < -0.4 is 5.32 Å². The molecule has 1 aromatic carbocycles. The maximum Gasteiger partial charge on any atom is 0.413 e. The molecule has 38 heavy (non-hydrogen) atoms. The smallest absolute Gasteiger partial charge is 0.413 e. The predicted octanol–water partition coefficient (Wildman–Crippen LogP) is 2.73. The van der Waals surface area contributed by atoms with Crippen molar-refractivity contribution in [2.24, 2.45) is 0 Å². The summed E-state index contributed by atoms with van der Waals surface area (Å²) in [6.07, 6.45) is 5.80. The molecule has 1 fully saturated rings. The number of sulfonamides is 1. The molecule has 1 aliphatic heterocycles. The Kier molecular flexibility index (Phi) is 7.31. The van der Waals surface area contributed by atoms with E-state index in [-0.39, 0.29) is 12.6 Å². The Morgan fingerprint density at radius 2 is 1.84 bits per heavy atom. The van der Waals surface area contributed by atoms with Gasteiger partial charge < -0.3 is 9.72 Å². The van der Waals surface area contributed by atoms with Crippen molar-refractivity contribution >= 4 is 33.1 Å². The number of hydrogen-bond donors (Lipinski definition) is 2. The van der Waals surface area contributed by atoms with Crippen LogP contribution in [-0.2, 0) is 21.3 Å². The molecule has 1 aliphatic rings. The van der Waals surface area contributed by atoms with Crippen molar-refractivity contribution in [2.75, 3.05) is 44.4 Å². The third-order valence-corrected chi connectivity index (χ3v) is 7.54. The van der Waals surface area contributed by atoms with Crippen LogP contribution in [0.1, 0.15) is 12.6 Å². The van der Waals surface area contributed by atoms with Gasteiger partial charge >= 0.3 is 6.09 Å². The Balaban J connectivity index is 1.40. The second kappa shape index (κ2) is 10.8. The summed E-state index contributed by atoms with van der Waals surface area (Å²) in [5.74, 6) is 0.778. The Morgan fingerprint density at radius 3 is 2.50 bits per heavy atom. The van der Waals surface area contributed by atoms with Gasteiger partial charge in [0.25, 0.3) is 0 Å². The van der Waals surface area contributed by atoms with E-state index in [2.05, 4.69) is 35.1 Å². The fourth-order valence-corrected chi connectivity index (χ4v) is 5.18. The number of amides is 1. The van der Waals surface area contributed by atoms with Crippen LogP contribution in [0.15, 0.2) is 48.9 Å². The Bertz CT molecular complexity index is 1530. The molecular formula is C25H28N8O4S. The molecular weight excluding hydrogens is 508 g/mol. The summed E-state index contributed by atoms with van der Waals surface area (Å²) in [5, 5.41) is 2.61. The lowest BCUT2D eigenvalue weighted by molar-refractivity contribution is 0.167. The molecule has 0 bridgehead atoms. The van der Waals surface area contributed by atoms with E-state index in [4.69, 9.17) is 4.74 Å². The standard InChI is InChI=1S/C25H28N8O4S/c1-3-37-25(34)31-24-29-21-14-18(13-20(22(21)30-24)23-26-7-4-8-27-23)17-5-6-19(28-15-17)16-32-9-11-33(12-10-32)38(2,35)36/h4-8,13-15H,3,9-12,16H2,1-2H3,(H2,29,30,31,34). The van der Waals surface area contributed by atoms with Crippen LogP contribution in [0.4, 0.5) is 10.7 Å². The molecule has 4 heterocycles. The molecule has 0 aliphatic carbocycles. The number of ether oxygens (including phenoxy) is 1. The van der Waals surface area contributed by atoms with E-state index >= 15 is 0 Å². The zero-order valence-electron chi connectivity index (χ0n) is 21.1. The van der Waals surface area contributed by atoms with Gasteiger partial charge in [0.2, 0.25) is 16.0 Å². The molecule has 12 nitrogen and oxygen atoms in total. The number of aromatic nitrogens is 5. The van der Waals surface area contributed by atoms with Crippen LogP contribution >= 0.6 is 0 Å². The molecule has 2 N–H and O–H groups in total. The van der Waals surface area contributed by atoms with Crippen LogP contribution in [0, 0.1) is 0 Å². The van der Waals surface area contributed by atoms with Gasteiger partial charge in [-0.1, -0.05) is 6.07 Å². The first-order valence-electron chi connectivity index (χ1n) is 12.2. The highest BCUT2D eigenvalue weighted by molar-refractivity contribution is 7.88. The largest absolute Gasteiger partial charge is 0.450 e. The van der Waals surface area contributed by atoms with Crippen molar-refractivity contribution in [3.63, 3.8) is 0 Å². The summed E-state index contributed by atoms with van der Waals surface area (Å²) in [6, 6.07) is 9.59. The molecule has 4 aromatic rings. The molecule has 0 atom stereocenters. The van der Waals surface area contributed by atoms with E-state index in [1.807, 2.05) is 30.5 Å². The van der Waals surface area contributed by atoms with Crippen LogP contribution in [0.25, 0.3) is 33.5 Å². The molecule has 0 saturated carbocycles. The molecule has 13 heteroatoms. The fraction of sp³-hybridized carbons (Fsp3) is 0.320. The normalized spacial score (nSPS) is 15.0. The van der Waals surface area contributed by atoms with Crippen molar-refractivity contribution in [1.82, 2.24) is 34.1 Å². The van der Waals surface area contributed by atoms with Crippen molar-refractivity contribution in [1.29, 1.82) is 0 Å². The van der Waals surface area contributed by atoms with Gasteiger partial charge in [0.15, 0.2) is 5.82 Å². The second-order valence-electron chi connectivity index (χ2n) is 8.90. The lowest BCUT2D eigenvalue weighted by Gasteiger charge is -2.32. The topological polar surface area (TPSA) is 146 Å². The Hall–Kier alpha value is -3.94. The number of H-pyrrole nitrogens is 1. The lowest BCUT2D eigenvalue weighted by atomic mass is 10.0. The summed E-state index contributed by atoms with van der Waals surface area (Å²) in [5.41, 5.74) is 4.70. The number of piperazine rings is 1. The second-order valence-corrected chi connectivity index (χ2v) is 10.9. The van der Waals surface area contributed by atoms with E-state index in [0.29, 0.717) is 49.6 Å². The third-order valence-electron chi connectivity index (χ3n) is 6.24. The molecule has 3 aromatic heterocycles. The van der Waals surface area contributed by atoms with E-state index in [1.165, 1.54) is 10.6 Å². The predicted molar refractivity (Wildman–Crippen MR) is 143 cm³/mol. The van der Waals surface area contributed by atoms with Gasteiger partial charge in [0.1, 0.15) is 0 Å². The van der Waals surface area contributed by atoms with Gasteiger partial charge in [-0.05, 0) is 36.8 Å². The molecule has 0 spiro atoms. The third kappa shape index (κ3) is 5.79. The van der Waals surface area contributed by atoms with Crippen LogP contribution in [-0.4, -0.2) is 87.7 Å². The highest BCUT2D eigenvalue weighted by Crippen LogP contribution is 2.32. The van der Waals surface area contributed by atoms with E-state index in [1.54, 1.807) is 25.4 Å². The lowest BCUT2D eigenvalue weighted by Crippen LogP contribution is -2.47. The maximum absolute atomic E-state index is 11.9. The number of nitrogens with one attached hydrogen (secondary N) is 2. The zero-order valence-corrected chi connectivity index (χ0v) is 21.9. The number of aromatic amines is 1. The average molecular weight is 537 g/mol.